The van der Waals surface area contributed by atoms with Gasteiger partial charge in [0.2, 0.25) is 0 Å². The second-order valence-electron chi connectivity index (χ2n) is 9.03. The van der Waals surface area contributed by atoms with Crippen molar-refractivity contribution >= 4 is 29.9 Å². The van der Waals surface area contributed by atoms with Crippen LogP contribution in [0.5, 0.6) is 11.5 Å². The van der Waals surface area contributed by atoms with Gasteiger partial charge >= 0.3 is 0 Å². The molecule has 1 aromatic carbocycles. The number of guanidine groups is 1. The molecule has 1 atom stereocenters. The van der Waals surface area contributed by atoms with Crippen LogP contribution in [-0.4, -0.2) is 47.0 Å². The number of rotatable bonds is 7. The Balaban J connectivity index is 0.00000306. The van der Waals surface area contributed by atoms with Crippen LogP contribution < -0.4 is 20.1 Å². The van der Waals surface area contributed by atoms with E-state index >= 15 is 0 Å². The summed E-state index contributed by atoms with van der Waals surface area (Å²) < 4.78 is 13.8. The Hall–Kier alpha value is -2.04. The number of halogens is 1. The highest BCUT2D eigenvalue weighted by molar-refractivity contribution is 14.0. The number of hydrogen-bond acceptors (Lipinski definition) is 5. The molecule has 4 rings (SSSR count). The van der Waals surface area contributed by atoms with Crippen LogP contribution in [0.2, 0.25) is 0 Å². The number of fused-ring (bicyclic) bond motifs is 1. The summed E-state index contributed by atoms with van der Waals surface area (Å²) >= 11 is 0. The van der Waals surface area contributed by atoms with Gasteiger partial charge in [0.1, 0.15) is 17.3 Å². The van der Waals surface area contributed by atoms with E-state index < -0.39 is 0 Å². The molecule has 0 saturated heterocycles. The first-order valence-electron chi connectivity index (χ1n) is 11.8. The molecular weight excluding hydrogens is 531 g/mol. The molecule has 1 aliphatic heterocycles. The van der Waals surface area contributed by atoms with Crippen LogP contribution in [0.15, 0.2) is 23.2 Å². The molecule has 8 nitrogen and oxygen atoms in total. The topological polar surface area (TPSA) is 85.6 Å². The van der Waals surface area contributed by atoms with Gasteiger partial charge in [-0.05, 0) is 44.2 Å². The minimum atomic E-state index is 0. The lowest BCUT2D eigenvalue weighted by atomic mass is 10.1. The zero-order valence-electron chi connectivity index (χ0n) is 20.1. The van der Waals surface area contributed by atoms with Crippen LogP contribution in [0.1, 0.15) is 69.1 Å². The van der Waals surface area contributed by atoms with Gasteiger partial charge in [-0.3, -0.25) is 4.99 Å². The van der Waals surface area contributed by atoms with E-state index in [4.69, 9.17) is 9.47 Å². The first kappa shape index (κ1) is 25.6. The van der Waals surface area contributed by atoms with E-state index in [0.717, 1.165) is 66.9 Å². The summed E-state index contributed by atoms with van der Waals surface area (Å²) in [6.07, 6.45) is 6.96. The molecule has 0 bridgehead atoms. The third-order valence-corrected chi connectivity index (χ3v) is 6.27. The van der Waals surface area contributed by atoms with Gasteiger partial charge < -0.3 is 20.1 Å². The van der Waals surface area contributed by atoms with Crippen molar-refractivity contribution in [2.45, 2.75) is 83.5 Å². The molecule has 182 valence electrons. The van der Waals surface area contributed by atoms with E-state index in [1.54, 1.807) is 14.2 Å². The minimum absolute atomic E-state index is 0. The molecule has 33 heavy (non-hydrogen) atoms. The van der Waals surface area contributed by atoms with Crippen molar-refractivity contribution in [1.82, 2.24) is 25.4 Å². The molecule has 0 radical (unpaired) electrons. The van der Waals surface area contributed by atoms with Crippen molar-refractivity contribution in [3.05, 3.63) is 35.4 Å². The van der Waals surface area contributed by atoms with E-state index in [1.807, 2.05) is 16.8 Å². The maximum absolute atomic E-state index is 6.33. The smallest absolute Gasteiger partial charge is 0.191 e. The summed E-state index contributed by atoms with van der Waals surface area (Å²) in [4.78, 5) is 9.12. The summed E-state index contributed by atoms with van der Waals surface area (Å²) in [5.41, 5.74) is 1.10. The standard InChI is InChI=1S/C24H36N6O2.HI/c1-16(2)23-28-22-12-10-18(15-30(22)29-23)27-24(25-3)26-14-17-9-11-20(31-4)13-21(17)32-19-7-5-6-8-19;/h9,11,13,16,18-19H,5-8,10,12,14-15H2,1-4H3,(H2,25,26,27);1H. The molecule has 1 saturated carbocycles. The van der Waals surface area contributed by atoms with Crippen molar-refractivity contribution in [2.75, 3.05) is 14.2 Å². The molecule has 1 aliphatic carbocycles. The van der Waals surface area contributed by atoms with Gasteiger partial charge in [0.25, 0.3) is 0 Å². The summed E-state index contributed by atoms with van der Waals surface area (Å²) in [5, 5.41) is 11.7. The normalized spacial score (nSPS) is 18.6. The van der Waals surface area contributed by atoms with Crippen LogP contribution in [0, 0.1) is 0 Å². The van der Waals surface area contributed by atoms with Crippen LogP contribution in [-0.2, 0) is 19.5 Å². The largest absolute Gasteiger partial charge is 0.497 e. The minimum Gasteiger partial charge on any atom is -0.497 e. The second kappa shape index (κ2) is 11.9. The van der Waals surface area contributed by atoms with E-state index in [1.165, 1.54) is 12.8 Å². The lowest BCUT2D eigenvalue weighted by molar-refractivity contribution is 0.207. The number of nitrogens with one attached hydrogen (secondary N) is 2. The SMILES string of the molecule is CN=C(NCc1ccc(OC)cc1OC1CCCC1)NC1CCc2nc(C(C)C)nn2C1.I. The number of ether oxygens (including phenoxy) is 2. The monoisotopic (exact) mass is 568 g/mol. The summed E-state index contributed by atoms with van der Waals surface area (Å²) in [6, 6.07) is 6.30. The third kappa shape index (κ3) is 6.51. The predicted molar refractivity (Wildman–Crippen MR) is 141 cm³/mol. The van der Waals surface area contributed by atoms with Crippen LogP contribution in [0.3, 0.4) is 0 Å². The fourth-order valence-corrected chi connectivity index (χ4v) is 4.36. The fraction of sp³-hybridized carbons (Fsp3) is 0.625. The Bertz CT molecular complexity index is 939. The zero-order chi connectivity index (χ0) is 22.5. The number of aryl methyl sites for hydroxylation is 1. The summed E-state index contributed by atoms with van der Waals surface area (Å²) in [7, 11) is 3.49. The van der Waals surface area contributed by atoms with E-state index in [0.29, 0.717) is 18.6 Å². The average Bonchev–Trinajstić information content (AvgIpc) is 3.46. The van der Waals surface area contributed by atoms with Gasteiger partial charge in [-0.1, -0.05) is 13.8 Å². The average molecular weight is 569 g/mol. The lowest BCUT2D eigenvalue weighted by Crippen LogP contribution is -2.46. The van der Waals surface area contributed by atoms with Gasteiger partial charge in [-0.25, -0.2) is 9.67 Å². The van der Waals surface area contributed by atoms with Gasteiger partial charge in [-0.15, -0.1) is 24.0 Å². The Morgan fingerprint density at radius 3 is 2.73 bits per heavy atom. The van der Waals surface area contributed by atoms with Crippen molar-refractivity contribution in [3.63, 3.8) is 0 Å². The molecule has 2 aliphatic rings. The molecule has 1 unspecified atom stereocenters. The highest BCUT2D eigenvalue weighted by Gasteiger charge is 2.23. The molecule has 9 heteroatoms. The first-order chi connectivity index (χ1) is 15.6. The van der Waals surface area contributed by atoms with Gasteiger partial charge in [-0.2, -0.15) is 5.10 Å². The van der Waals surface area contributed by atoms with Crippen LogP contribution in [0.4, 0.5) is 0 Å². The van der Waals surface area contributed by atoms with Gasteiger partial charge in [0, 0.05) is 43.6 Å². The molecule has 0 spiro atoms. The Morgan fingerprint density at radius 1 is 1.24 bits per heavy atom. The molecule has 0 amide bonds. The second-order valence-corrected chi connectivity index (χ2v) is 9.03. The summed E-state index contributed by atoms with van der Waals surface area (Å²) in [6.45, 7) is 5.69. The Kier molecular flexibility index (Phi) is 9.22. The zero-order valence-corrected chi connectivity index (χ0v) is 22.5. The van der Waals surface area contributed by atoms with E-state index in [-0.39, 0.29) is 30.0 Å². The number of methoxy groups -OCH3 is 1. The van der Waals surface area contributed by atoms with Gasteiger partial charge in [0.05, 0.1) is 19.8 Å². The molecule has 1 aromatic heterocycles. The van der Waals surface area contributed by atoms with Crippen molar-refractivity contribution in [1.29, 1.82) is 0 Å². The number of hydrogen-bond donors (Lipinski definition) is 2. The highest BCUT2D eigenvalue weighted by Crippen LogP contribution is 2.30. The number of aliphatic imine (C=N–C) groups is 1. The quantitative estimate of drug-likeness (QED) is 0.298. The molecule has 2 heterocycles. The molecular formula is C24H37IN6O2. The van der Waals surface area contributed by atoms with E-state index in [9.17, 15) is 0 Å². The third-order valence-electron chi connectivity index (χ3n) is 6.27. The maximum atomic E-state index is 6.33. The van der Waals surface area contributed by atoms with E-state index in [2.05, 4.69) is 45.6 Å². The molecule has 2 aromatic rings. The van der Waals surface area contributed by atoms with Crippen LogP contribution >= 0.6 is 24.0 Å². The first-order valence-corrected chi connectivity index (χ1v) is 11.8. The maximum Gasteiger partial charge on any atom is 0.191 e. The van der Waals surface area contributed by atoms with Crippen molar-refractivity contribution in [3.8, 4) is 11.5 Å². The van der Waals surface area contributed by atoms with Crippen LogP contribution in [0.25, 0.3) is 0 Å². The molecule has 1 fully saturated rings. The highest BCUT2D eigenvalue weighted by atomic mass is 127. The number of nitrogens with zero attached hydrogens (tertiary/aromatic N) is 4. The Labute approximate surface area is 214 Å². The summed E-state index contributed by atoms with van der Waals surface area (Å²) in [5.74, 6) is 4.85. The van der Waals surface area contributed by atoms with Gasteiger partial charge in [0.15, 0.2) is 11.8 Å². The Morgan fingerprint density at radius 2 is 2.03 bits per heavy atom. The van der Waals surface area contributed by atoms with Crippen molar-refractivity contribution in [2.24, 2.45) is 4.99 Å². The number of aromatic nitrogens is 3. The molecule has 2 N–H and O–H groups in total. The predicted octanol–water partition coefficient (Wildman–Crippen LogP) is 4.03. The fourth-order valence-electron chi connectivity index (χ4n) is 4.36. The number of benzene rings is 1. The lowest BCUT2D eigenvalue weighted by Gasteiger charge is -2.25. The van der Waals surface area contributed by atoms with Crippen molar-refractivity contribution < 1.29 is 9.47 Å².